The van der Waals surface area contributed by atoms with E-state index in [9.17, 15) is 14.7 Å². The van der Waals surface area contributed by atoms with E-state index in [1.165, 1.54) is 12.3 Å². The minimum absolute atomic E-state index is 0.150. The monoisotopic (exact) mass is 286 g/mol. The molecule has 2 aromatic heterocycles. The summed E-state index contributed by atoms with van der Waals surface area (Å²) >= 11 is 0. The van der Waals surface area contributed by atoms with Crippen molar-refractivity contribution >= 4 is 5.91 Å². The summed E-state index contributed by atoms with van der Waals surface area (Å²) in [6.45, 7) is 1.16. The SMILES string of the molecule is O=C(NC1CC1)c1cnc2n1CCn1ccc(=O)c(O)c1-2. The predicted octanol–water partition coefficient (Wildman–Crippen LogP) is 0.323. The third-order valence-corrected chi connectivity index (χ3v) is 3.93. The molecule has 1 fully saturated rings. The smallest absolute Gasteiger partial charge is 0.269 e. The van der Waals surface area contributed by atoms with Crippen molar-refractivity contribution in [2.75, 3.05) is 0 Å². The molecule has 0 unspecified atom stereocenters. The van der Waals surface area contributed by atoms with Crippen molar-refractivity contribution in [3.63, 3.8) is 0 Å². The van der Waals surface area contributed by atoms with Crippen molar-refractivity contribution in [3.05, 3.63) is 34.4 Å². The van der Waals surface area contributed by atoms with Crippen LogP contribution in [0.5, 0.6) is 5.75 Å². The van der Waals surface area contributed by atoms with Crippen molar-refractivity contribution in [1.29, 1.82) is 0 Å². The molecule has 7 heteroatoms. The molecule has 1 amide bonds. The molecule has 7 nitrogen and oxygen atoms in total. The number of aromatic hydroxyl groups is 1. The van der Waals surface area contributed by atoms with E-state index < -0.39 is 5.43 Å². The van der Waals surface area contributed by atoms with Gasteiger partial charge in [-0.25, -0.2) is 4.98 Å². The Labute approximate surface area is 119 Å². The zero-order valence-corrected chi connectivity index (χ0v) is 11.2. The number of hydrogen-bond donors (Lipinski definition) is 2. The third-order valence-electron chi connectivity index (χ3n) is 3.93. The maximum atomic E-state index is 12.2. The number of pyridine rings is 1. The zero-order valence-electron chi connectivity index (χ0n) is 11.2. The summed E-state index contributed by atoms with van der Waals surface area (Å²) in [5, 5.41) is 12.9. The summed E-state index contributed by atoms with van der Waals surface area (Å²) in [5.74, 6) is -0.0157. The first-order chi connectivity index (χ1) is 10.1. The maximum absolute atomic E-state index is 12.2. The number of nitrogens with zero attached hydrogens (tertiary/aromatic N) is 3. The van der Waals surface area contributed by atoms with Crippen LogP contribution in [-0.4, -0.2) is 31.2 Å². The summed E-state index contributed by atoms with van der Waals surface area (Å²) < 4.78 is 3.54. The van der Waals surface area contributed by atoms with Gasteiger partial charge in [-0.1, -0.05) is 0 Å². The molecular formula is C14H14N4O3. The Morgan fingerprint density at radius 3 is 2.95 bits per heavy atom. The van der Waals surface area contributed by atoms with Gasteiger partial charge in [0.1, 0.15) is 11.4 Å². The number of hydrogen-bond acceptors (Lipinski definition) is 4. The van der Waals surface area contributed by atoms with E-state index >= 15 is 0 Å². The minimum atomic E-state index is -0.443. The Kier molecular flexibility index (Phi) is 2.44. The molecule has 1 saturated carbocycles. The van der Waals surface area contributed by atoms with E-state index in [-0.39, 0.29) is 17.7 Å². The van der Waals surface area contributed by atoms with Crippen LogP contribution in [0.1, 0.15) is 23.3 Å². The second-order valence-electron chi connectivity index (χ2n) is 5.44. The Bertz CT molecular complexity index is 801. The maximum Gasteiger partial charge on any atom is 0.269 e. The molecule has 0 spiro atoms. The van der Waals surface area contributed by atoms with E-state index in [0.29, 0.717) is 30.3 Å². The van der Waals surface area contributed by atoms with Crippen molar-refractivity contribution in [2.24, 2.45) is 0 Å². The fourth-order valence-corrected chi connectivity index (χ4v) is 2.65. The van der Waals surface area contributed by atoms with Crippen LogP contribution in [-0.2, 0) is 13.1 Å². The summed E-state index contributed by atoms with van der Waals surface area (Å²) in [7, 11) is 0. The Morgan fingerprint density at radius 1 is 1.38 bits per heavy atom. The largest absolute Gasteiger partial charge is 0.503 e. The van der Waals surface area contributed by atoms with Gasteiger partial charge >= 0.3 is 0 Å². The van der Waals surface area contributed by atoms with Crippen LogP contribution in [0.15, 0.2) is 23.3 Å². The molecule has 2 N–H and O–H groups in total. The van der Waals surface area contributed by atoms with E-state index in [4.69, 9.17) is 0 Å². The van der Waals surface area contributed by atoms with E-state index in [1.54, 1.807) is 15.3 Å². The minimum Gasteiger partial charge on any atom is -0.503 e. The molecule has 0 saturated heterocycles. The van der Waals surface area contributed by atoms with Crippen LogP contribution in [0.2, 0.25) is 0 Å². The zero-order chi connectivity index (χ0) is 14.6. The predicted molar refractivity (Wildman–Crippen MR) is 74.1 cm³/mol. The van der Waals surface area contributed by atoms with Crippen LogP contribution < -0.4 is 10.7 Å². The lowest BCUT2D eigenvalue weighted by Crippen LogP contribution is -2.29. The van der Waals surface area contributed by atoms with Crippen molar-refractivity contribution < 1.29 is 9.90 Å². The van der Waals surface area contributed by atoms with Crippen molar-refractivity contribution in [2.45, 2.75) is 32.0 Å². The fourth-order valence-electron chi connectivity index (χ4n) is 2.65. The molecule has 0 bridgehead atoms. The van der Waals surface area contributed by atoms with Crippen LogP contribution in [0, 0.1) is 0 Å². The van der Waals surface area contributed by atoms with Gasteiger partial charge in [0.05, 0.1) is 6.20 Å². The highest BCUT2D eigenvalue weighted by atomic mass is 16.3. The van der Waals surface area contributed by atoms with Crippen molar-refractivity contribution in [3.8, 4) is 17.3 Å². The van der Waals surface area contributed by atoms with Crippen LogP contribution in [0.3, 0.4) is 0 Å². The molecule has 3 heterocycles. The van der Waals surface area contributed by atoms with Gasteiger partial charge in [0, 0.05) is 31.4 Å². The highest BCUT2D eigenvalue weighted by Crippen LogP contribution is 2.30. The molecule has 0 atom stereocenters. The van der Waals surface area contributed by atoms with Crippen LogP contribution in [0.25, 0.3) is 11.5 Å². The third kappa shape index (κ3) is 1.84. The molecule has 2 aliphatic rings. The fraction of sp³-hybridized carbons (Fsp3) is 0.357. The van der Waals surface area contributed by atoms with Gasteiger partial charge in [0.25, 0.3) is 5.91 Å². The van der Waals surface area contributed by atoms with Gasteiger partial charge in [-0.05, 0) is 12.8 Å². The topological polar surface area (TPSA) is 89.2 Å². The number of carbonyl (C=O) groups excluding carboxylic acids is 1. The Balaban J connectivity index is 1.81. The van der Waals surface area contributed by atoms with Crippen molar-refractivity contribution in [1.82, 2.24) is 19.4 Å². The lowest BCUT2D eigenvalue weighted by Gasteiger charge is -2.22. The average Bonchev–Trinajstić information content (AvgIpc) is 3.17. The summed E-state index contributed by atoms with van der Waals surface area (Å²) in [6, 6.07) is 1.61. The molecule has 0 radical (unpaired) electrons. The number of rotatable bonds is 2. The average molecular weight is 286 g/mol. The normalized spacial score (nSPS) is 16.2. The molecule has 1 aliphatic carbocycles. The highest BCUT2D eigenvalue weighted by molar-refractivity contribution is 5.93. The molecule has 2 aromatic rings. The first-order valence-corrected chi connectivity index (χ1v) is 6.94. The summed E-state index contributed by atoms with van der Waals surface area (Å²) in [6.07, 6.45) is 5.18. The molecule has 108 valence electrons. The second-order valence-corrected chi connectivity index (χ2v) is 5.44. The summed E-state index contributed by atoms with van der Waals surface area (Å²) in [5.41, 5.74) is 0.403. The lowest BCUT2D eigenvalue weighted by atomic mass is 10.2. The van der Waals surface area contributed by atoms with E-state index in [1.807, 2.05) is 0 Å². The number of fused-ring (bicyclic) bond motifs is 3. The molecule has 4 rings (SSSR count). The summed E-state index contributed by atoms with van der Waals surface area (Å²) in [4.78, 5) is 28.0. The van der Waals surface area contributed by atoms with Gasteiger partial charge in [0.15, 0.2) is 11.6 Å². The number of amides is 1. The number of imidazole rings is 1. The molecule has 21 heavy (non-hydrogen) atoms. The van der Waals surface area contributed by atoms with Gasteiger partial charge in [-0.15, -0.1) is 0 Å². The van der Waals surface area contributed by atoms with E-state index in [0.717, 1.165) is 12.8 Å². The molecule has 0 aromatic carbocycles. The second kappa shape index (κ2) is 4.21. The standard InChI is InChI=1S/C14H14N4O3/c19-10-3-4-17-5-6-18-9(14(21)16-8-1-2-8)7-15-13(18)11(17)12(10)20/h3-4,7-8,20H,1-2,5-6H2,(H,16,21). The quantitative estimate of drug-likeness (QED) is 0.832. The first-order valence-electron chi connectivity index (χ1n) is 6.94. The Morgan fingerprint density at radius 2 is 2.19 bits per heavy atom. The highest BCUT2D eigenvalue weighted by Gasteiger charge is 2.29. The van der Waals surface area contributed by atoms with E-state index in [2.05, 4.69) is 10.3 Å². The number of carbonyl (C=O) groups is 1. The first kappa shape index (κ1) is 12.2. The Hall–Kier alpha value is -2.57. The van der Waals surface area contributed by atoms with Gasteiger partial charge in [-0.2, -0.15) is 0 Å². The van der Waals surface area contributed by atoms with Crippen LogP contribution >= 0.6 is 0 Å². The van der Waals surface area contributed by atoms with Gasteiger partial charge in [0.2, 0.25) is 5.43 Å². The van der Waals surface area contributed by atoms with Gasteiger partial charge < -0.3 is 19.6 Å². The van der Waals surface area contributed by atoms with Gasteiger partial charge in [-0.3, -0.25) is 9.59 Å². The van der Waals surface area contributed by atoms with Crippen LogP contribution in [0.4, 0.5) is 0 Å². The number of nitrogens with one attached hydrogen (secondary N) is 1. The molecule has 1 aliphatic heterocycles. The lowest BCUT2D eigenvalue weighted by molar-refractivity contribution is 0.0941. The number of aryl methyl sites for hydroxylation is 1. The number of aromatic nitrogens is 3. The molecular weight excluding hydrogens is 272 g/mol.